The van der Waals surface area contributed by atoms with E-state index in [-0.39, 0.29) is 11.7 Å². The second-order valence-corrected chi connectivity index (χ2v) is 8.86. The Hall–Kier alpha value is -2.03. The molecule has 1 aromatic heterocycles. The highest BCUT2D eigenvalue weighted by Crippen LogP contribution is 2.32. The van der Waals surface area contributed by atoms with Gasteiger partial charge in [-0.15, -0.1) is 10.2 Å². The van der Waals surface area contributed by atoms with Gasteiger partial charge in [-0.1, -0.05) is 51.4 Å². The topological polar surface area (TPSA) is 69.0 Å². The number of thioether (sulfide) groups is 1. The van der Waals surface area contributed by atoms with E-state index in [1.165, 1.54) is 11.8 Å². The molecule has 1 N–H and O–H groups in total. The lowest BCUT2D eigenvalue weighted by Gasteiger charge is -2.12. The molecule has 0 radical (unpaired) electrons. The molecule has 0 aliphatic heterocycles. The van der Waals surface area contributed by atoms with Gasteiger partial charge in [0.25, 0.3) is 0 Å². The molecule has 0 unspecified atom stereocenters. The van der Waals surface area contributed by atoms with Gasteiger partial charge in [-0.05, 0) is 43.2 Å². The summed E-state index contributed by atoms with van der Waals surface area (Å²) in [6, 6.07) is 13.7. The quantitative estimate of drug-likeness (QED) is 0.482. The third kappa shape index (κ3) is 4.76. The number of carbonyl (C=O) groups excluding carboxylic acids is 1. The summed E-state index contributed by atoms with van der Waals surface area (Å²) in [4.78, 5) is 12.1. The van der Waals surface area contributed by atoms with Crippen molar-refractivity contribution < 1.29 is 9.53 Å². The van der Waals surface area contributed by atoms with Crippen molar-refractivity contribution in [3.05, 3.63) is 52.0 Å². The first-order chi connectivity index (χ1) is 14.0. The molecule has 1 heterocycles. The van der Waals surface area contributed by atoms with Gasteiger partial charge < -0.3 is 10.1 Å². The monoisotopic (exact) mass is 492 g/mol. The van der Waals surface area contributed by atoms with E-state index in [4.69, 9.17) is 16.3 Å². The minimum Gasteiger partial charge on any atom is -0.495 e. The zero-order valence-electron chi connectivity index (χ0n) is 15.6. The summed E-state index contributed by atoms with van der Waals surface area (Å²) < 4.78 is 8.15. The van der Waals surface area contributed by atoms with Crippen LogP contribution < -0.4 is 10.1 Å². The fraction of sp³-hybridized carbons (Fsp3) is 0.250. The molecule has 0 spiro atoms. The highest BCUT2D eigenvalue weighted by atomic mass is 79.9. The predicted molar refractivity (Wildman–Crippen MR) is 118 cm³/mol. The SMILES string of the molecule is COc1ccc(-n2c(SCC(=O)NC3CC3)nnc2-c2ccc(Br)cc2)cc1Cl. The second-order valence-electron chi connectivity index (χ2n) is 6.60. The molecule has 6 nitrogen and oxygen atoms in total. The minimum absolute atomic E-state index is 0.00463. The van der Waals surface area contributed by atoms with Crippen molar-refractivity contribution in [2.75, 3.05) is 12.9 Å². The Morgan fingerprint density at radius 1 is 1.28 bits per heavy atom. The number of benzene rings is 2. The largest absolute Gasteiger partial charge is 0.495 e. The van der Waals surface area contributed by atoms with Crippen molar-refractivity contribution in [2.24, 2.45) is 0 Å². The molecule has 3 aromatic rings. The summed E-state index contributed by atoms with van der Waals surface area (Å²) >= 11 is 11.2. The number of hydrogen-bond donors (Lipinski definition) is 1. The standard InChI is InChI=1S/C20H18BrClN4O2S/c1-28-17-9-8-15(10-16(17)22)26-19(12-2-4-13(21)5-3-12)24-25-20(26)29-11-18(27)23-14-6-7-14/h2-5,8-10,14H,6-7,11H2,1H3,(H,23,27). The average Bonchev–Trinajstić information content (AvgIpc) is 3.42. The summed E-state index contributed by atoms with van der Waals surface area (Å²) in [6.07, 6.45) is 2.12. The van der Waals surface area contributed by atoms with E-state index in [2.05, 4.69) is 31.4 Å². The molecule has 1 aliphatic carbocycles. The van der Waals surface area contributed by atoms with Crippen molar-refractivity contribution in [2.45, 2.75) is 24.0 Å². The van der Waals surface area contributed by atoms with Crippen molar-refractivity contribution in [3.8, 4) is 22.8 Å². The van der Waals surface area contributed by atoms with Gasteiger partial charge in [0, 0.05) is 16.1 Å². The summed E-state index contributed by atoms with van der Waals surface area (Å²) in [5, 5.41) is 12.8. The van der Waals surface area contributed by atoms with Gasteiger partial charge in [0.1, 0.15) is 5.75 Å². The van der Waals surface area contributed by atoms with Crippen molar-refractivity contribution in [3.63, 3.8) is 0 Å². The summed E-state index contributed by atoms with van der Waals surface area (Å²) in [5.41, 5.74) is 1.70. The van der Waals surface area contributed by atoms with E-state index in [9.17, 15) is 4.79 Å². The molecule has 150 valence electrons. The Bertz CT molecular complexity index is 1040. The molecule has 9 heteroatoms. The van der Waals surface area contributed by atoms with Crippen molar-refractivity contribution >= 4 is 45.2 Å². The van der Waals surface area contributed by atoms with E-state index >= 15 is 0 Å². The maximum atomic E-state index is 12.1. The lowest BCUT2D eigenvalue weighted by atomic mass is 10.2. The molecule has 1 aliphatic rings. The van der Waals surface area contributed by atoms with Crippen molar-refractivity contribution in [1.29, 1.82) is 0 Å². The molecule has 1 amide bonds. The first-order valence-corrected chi connectivity index (χ1v) is 11.2. The summed E-state index contributed by atoms with van der Waals surface area (Å²) in [5.74, 6) is 1.54. The van der Waals surface area contributed by atoms with Gasteiger partial charge in [-0.2, -0.15) is 0 Å². The number of carbonyl (C=O) groups is 1. The zero-order chi connectivity index (χ0) is 20.4. The highest BCUT2D eigenvalue weighted by Gasteiger charge is 2.24. The van der Waals surface area contributed by atoms with Crippen LogP contribution in [0.25, 0.3) is 17.1 Å². The van der Waals surface area contributed by atoms with E-state index in [1.54, 1.807) is 19.2 Å². The average molecular weight is 494 g/mol. The Morgan fingerprint density at radius 2 is 2.03 bits per heavy atom. The number of rotatable bonds is 7. The number of aromatic nitrogens is 3. The predicted octanol–water partition coefficient (Wildman–Crippen LogP) is 4.73. The van der Waals surface area contributed by atoms with Crippen LogP contribution in [0.2, 0.25) is 5.02 Å². The summed E-state index contributed by atoms with van der Waals surface area (Å²) in [6.45, 7) is 0. The molecule has 1 saturated carbocycles. The van der Waals surface area contributed by atoms with Crippen LogP contribution in [0.4, 0.5) is 0 Å². The van der Waals surface area contributed by atoms with Crippen LogP contribution in [0.15, 0.2) is 52.1 Å². The fourth-order valence-electron chi connectivity index (χ4n) is 2.80. The molecule has 4 rings (SSSR count). The van der Waals surface area contributed by atoms with E-state index < -0.39 is 0 Å². The Labute approximate surface area is 186 Å². The Balaban J connectivity index is 1.69. The first kappa shape index (κ1) is 20.3. The van der Waals surface area contributed by atoms with Crippen molar-refractivity contribution in [1.82, 2.24) is 20.1 Å². The Morgan fingerprint density at radius 3 is 2.69 bits per heavy atom. The molecule has 29 heavy (non-hydrogen) atoms. The van der Waals surface area contributed by atoms with Crippen LogP contribution in [0, 0.1) is 0 Å². The van der Waals surface area contributed by atoms with Crippen LogP contribution >= 0.6 is 39.3 Å². The van der Waals surface area contributed by atoms with Gasteiger partial charge in [-0.25, -0.2) is 0 Å². The number of nitrogens with zero attached hydrogens (tertiary/aromatic N) is 3. The number of nitrogens with one attached hydrogen (secondary N) is 1. The van der Waals surface area contributed by atoms with Crippen LogP contribution in [0.3, 0.4) is 0 Å². The first-order valence-electron chi connectivity index (χ1n) is 9.02. The highest BCUT2D eigenvalue weighted by molar-refractivity contribution is 9.10. The molecule has 0 saturated heterocycles. The summed E-state index contributed by atoms with van der Waals surface area (Å²) in [7, 11) is 1.58. The molecular weight excluding hydrogens is 476 g/mol. The molecule has 1 fully saturated rings. The van der Waals surface area contributed by atoms with Gasteiger partial charge in [0.15, 0.2) is 11.0 Å². The zero-order valence-corrected chi connectivity index (χ0v) is 18.7. The van der Waals surface area contributed by atoms with Crippen LogP contribution in [0.1, 0.15) is 12.8 Å². The number of amides is 1. The van der Waals surface area contributed by atoms with E-state index in [0.717, 1.165) is 28.6 Å². The van der Waals surface area contributed by atoms with Crippen LogP contribution in [-0.2, 0) is 4.79 Å². The third-order valence-electron chi connectivity index (χ3n) is 4.40. The lowest BCUT2D eigenvalue weighted by molar-refractivity contribution is -0.118. The van der Waals surface area contributed by atoms with Gasteiger partial charge >= 0.3 is 0 Å². The molecular formula is C20H18BrClN4O2S. The van der Waals surface area contributed by atoms with Gasteiger partial charge in [-0.3, -0.25) is 9.36 Å². The molecule has 0 bridgehead atoms. The normalized spacial score (nSPS) is 13.3. The van der Waals surface area contributed by atoms with Crippen LogP contribution in [-0.4, -0.2) is 39.6 Å². The number of ether oxygens (including phenoxy) is 1. The van der Waals surface area contributed by atoms with Gasteiger partial charge in [0.05, 0.1) is 23.6 Å². The van der Waals surface area contributed by atoms with E-state index in [0.29, 0.717) is 27.8 Å². The third-order valence-corrected chi connectivity index (χ3v) is 6.16. The number of methoxy groups -OCH3 is 1. The maximum absolute atomic E-state index is 12.1. The molecule has 2 aromatic carbocycles. The number of hydrogen-bond acceptors (Lipinski definition) is 5. The maximum Gasteiger partial charge on any atom is 0.230 e. The second kappa shape index (κ2) is 8.77. The van der Waals surface area contributed by atoms with E-state index in [1.807, 2.05) is 34.9 Å². The smallest absolute Gasteiger partial charge is 0.230 e. The Kier molecular flexibility index (Phi) is 6.12. The minimum atomic E-state index is 0.00463. The van der Waals surface area contributed by atoms with Crippen LogP contribution in [0.5, 0.6) is 5.75 Å². The van der Waals surface area contributed by atoms with Gasteiger partial charge in [0.2, 0.25) is 5.91 Å². The molecule has 0 atom stereocenters. The number of halogens is 2. The lowest BCUT2D eigenvalue weighted by Crippen LogP contribution is -2.27. The fourth-order valence-corrected chi connectivity index (χ4v) is 4.08.